The lowest BCUT2D eigenvalue weighted by molar-refractivity contribution is -0.164. The summed E-state index contributed by atoms with van der Waals surface area (Å²) in [5.74, 6) is 1.74. The minimum absolute atomic E-state index is 0.0127. The van der Waals surface area contributed by atoms with Gasteiger partial charge in [0.1, 0.15) is 5.78 Å². The number of carbonyl (C=O) groups is 2. The molecule has 0 saturated heterocycles. The normalized spacial score (nSPS) is 38.6. The highest BCUT2D eigenvalue weighted by atomic mass is 79.9. The molecule has 0 bridgehead atoms. The first-order chi connectivity index (χ1) is 19.1. The summed E-state index contributed by atoms with van der Waals surface area (Å²) in [4.78, 5) is 26.9. The monoisotopic (exact) mass is 671 g/mol. The summed E-state index contributed by atoms with van der Waals surface area (Å²) in [6.45, 7) is 11.1. The Labute approximate surface area is 258 Å². The van der Waals surface area contributed by atoms with E-state index in [0.29, 0.717) is 31.6 Å². The number of hydrogen-bond donors (Lipinski definition) is 2. The molecule has 0 unspecified atom stereocenters. The van der Waals surface area contributed by atoms with Crippen molar-refractivity contribution in [2.75, 3.05) is 0 Å². The number of Topliss-reactive ketones (excluding diaryl/α,β-unsaturated/α-hetero) is 1. The molecule has 4 saturated carbocycles. The third kappa shape index (κ3) is 6.11. The lowest BCUT2D eigenvalue weighted by atomic mass is 9.44. The zero-order valence-electron chi connectivity index (χ0n) is 24.9. The van der Waals surface area contributed by atoms with Crippen LogP contribution in [0.25, 0.3) is 0 Å². The fourth-order valence-corrected chi connectivity index (χ4v) is 12.1. The molecule has 4 fully saturated rings. The second-order valence-corrected chi connectivity index (χ2v) is 17.9. The molecule has 0 aromatic carbocycles. The van der Waals surface area contributed by atoms with Crippen LogP contribution < -0.4 is 5.32 Å². The molecule has 10 heteroatoms. The molecule has 41 heavy (non-hydrogen) atoms. The standard InChI is InChI=1S/C31H46BrNO6S2/c1-17(2)29(25-8-9-26(32)40-25)33-27(35)14-18(3)21-6-7-22-28-23(11-13-31(21,22)5)30(4)12-10-20(34)15-19(30)16-24(28)39-41(36,37)38/h8-9,17-19,21-24,28-29H,6-7,10-16H2,1-5H3,(H,33,35)(H,36,37,38)/t18-,19+,21-,22+,23+,24-,28+,29-,30+,31-/m1/s1. The van der Waals surface area contributed by atoms with Crippen LogP contribution in [-0.2, 0) is 24.2 Å². The van der Waals surface area contributed by atoms with E-state index < -0.39 is 16.5 Å². The number of halogens is 1. The van der Waals surface area contributed by atoms with Gasteiger partial charge in [0.05, 0.1) is 15.9 Å². The summed E-state index contributed by atoms with van der Waals surface area (Å²) in [5.41, 5.74) is -0.0589. The average molecular weight is 673 g/mol. The molecule has 230 valence electrons. The Morgan fingerprint density at radius 3 is 2.49 bits per heavy atom. The SMILES string of the molecule is CC(C)[C@@H](NC(=O)C[C@@H](C)[C@H]1CC[C@H]2[C@@H]3[C@H](OS(=O)(=O)O)C[C@@H]4CC(=O)CC[C@]4(C)[C@H]3CC[C@]12C)c1ccc(Br)s1. The molecule has 0 radical (unpaired) electrons. The number of nitrogens with one attached hydrogen (secondary N) is 1. The number of fused-ring (bicyclic) bond motifs is 5. The molecule has 1 aromatic heterocycles. The van der Waals surface area contributed by atoms with E-state index in [1.165, 1.54) is 0 Å². The Bertz CT molecular complexity index is 1260. The second kappa shape index (κ2) is 11.6. The Morgan fingerprint density at radius 1 is 1.15 bits per heavy atom. The first-order valence-corrected chi connectivity index (χ1v) is 18.3. The number of rotatable bonds is 8. The Balaban J connectivity index is 1.34. The first kappa shape index (κ1) is 31.6. The Morgan fingerprint density at radius 2 is 1.85 bits per heavy atom. The summed E-state index contributed by atoms with van der Waals surface area (Å²) in [6, 6.07) is 4.08. The van der Waals surface area contributed by atoms with Gasteiger partial charge in [-0.2, -0.15) is 8.42 Å². The topological polar surface area (TPSA) is 110 Å². The van der Waals surface area contributed by atoms with Gasteiger partial charge in [0.2, 0.25) is 5.91 Å². The van der Waals surface area contributed by atoms with Gasteiger partial charge in [-0.1, -0.05) is 34.6 Å². The fraction of sp³-hybridized carbons (Fsp3) is 0.806. The molecule has 0 spiro atoms. The number of hydrogen-bond acceptors (Lipinski definition) is 6. The zero-order chi connectivity index (χ0) is 29.9. The maximum absolute atomic E-state index is 13.4. The predicted molar refractivity (Wildman–Crippen MR) is 164 cm³/mol. The molecule has 1 aromatic rings. The summed E-state index contributed by atoms with van der Waals surface area (Å²) < 4.78 is 40.3. The van der Waals surface area contributed by atoms with Crippen LogP contribution in [0.5, 0.6) is 0 Å². The molecular weight excluding hydrogens is 626 g/mol. The highest BCUT2D eigenvalue weighted by Gasteiger charge is 2.64. The van der Waals surface area contributed by atoms with Crippen molar-refractivity contribution in [3.63, 3.8) is 0 Å². The molecule has 10 atom stereocenters. The number of thiophene rings is 1. The van der Waals surface area contributed by atoms with Gasteiger partial charge < -0.3 is 5.32 Å². The van der Waals surface area contributed by atoms with Gasteiger partial charge in [0.15, 0.2) is 0 Å². The van der Waals surface area contributed by atoms with Crippen molar-refractivity contribution in [3.8, 4) is 0 Å². The molecule has 4 aliphatic carbocycles. The van der Waals surface area contributed by atoms with Crippen LogP contribution >= 0.6 is 27.3 Å². The summed E-state index contributed by atoms with van der Waals surface area (Å²) in [7, 11) is -4.62. The minimum atomic E-state index is -4.62. The molecule has 1 amide bonds. The molecule has 4 aliphatic rings. The van der Waals surface area contributed by atoms with Crippen LogP contribution in [0.3, 0.4) is 0 Å². The predicted octanol–water partition coefficient (Wildman–Crippen LogP) is 7.38. The van der Waals surface area contributed by atoms with E-state index in [0.717, 1.165) is 40.8 Å². The van der Waals surface area contributed by atoms with E-state index in [2.05, 4.69) is 61.9 Å². The summed E-state index contributed by atoms with van der Waals surface area (Å²) >= 11 is 5.20. The van der Waals surface area contributed by atoms with E-state index in [-0.39, 0.29) is 64.1 Å². The van der Waals surface area contributed by atoms with Crippen LogP contribution in [-0.4, -0.2) is 30.8 Å². The van der Waals surface area contributed by atoms with Crippen molar-refractivity contribution in [3.05, 3.63) is 20.8 Å². The van der Waals surface area contributed by atoms with E-state index in [4.69, 9.17) is 4.18 Å². The third-order valence-corrected chi connectivity index (χ3v) is 14.1. The number of amides is 1. The summed E-state index contributed by atoms with van der Waals surface area (Å²) in [5, 5.41) is 3.31. The van der Waals surface area contributed by atoms with Crippen LogP contribution in [0.4, 0.5) is 0 Å². The third-order valence-electron chi connectivity index (χ3n) is 11.9. The molecule has 5 rings (SSSR count). The van der Waals surface area contributed by atoms with Crippen molar-refractivity contribution >= 4 is 49.4 Å². The van der Waals surface area contributed by atoms with Gasteiger partial charge in [0.25, 0.3) is 0 Å². The van der Waals surface area contributed by atoms with E-state index >= 15 is 0 Å². The van der Waals surface area contributed by atoms with Gasteiger partial charge in [-0.05, 0) is 119 Å². The average Bonchev–Trinajstić information content (AvgIpc) is 3.45. The molecule has 1 heterocycles. The van der Waals surface area contributed by atoms with E-state index in [9.17, 15) is 22.6 Å². The van der Waals surface area contributed by atoms with Gasteiger partial charge >= 0.3 is 10.4 Å². The first-order valence-electron chi connectivity index (χ1n) is 15.3. The van der Waals surface area contributed by atoms with Gasteiger partial charge in [-0.25, -0.2) is 4.18 Å². The van der Waals surface area contributed by atoms with Crippen LogP contribution in [0.2, 0.25) is 0 Å². The van der Waals surface area contributed by atoms with Gasteiger partial charge in [-0.3, -0.25) is 14.1 Å². The maximum atomic E-state index is 13.4. The van der Waals surface area contributed by atoms with Crippen LogP contribution in [0, 0.1) is 52.3 Å². The molecule has 2 N–H and O–H groups in total. The number of ketones is 1. The lowest BCUT2D eigenvalue weighted by Gasteiger charge is -2.62. The minimum Gasteiger partial charge on any atom is -0.348 e. The van der Waals surface area contributed by atoms with Crippen molar-refractivity contribution in [1.29, 1.82) is 0 Å². The van der Waals surface area contributed by atoms with Crippen molar-refractivity contribution in [1.82, 2.24) is 5.32 Å². The Hall–Kier alpha value is -0.810. The van der Waals surface area contributed by atoms with Crippen LogP contribution in [0.1, 0.15) is 103 Å². The highest BCUT2D eigenvalue weighted by molar-refractivity contribution is 9.11. The van der Waals surface area contributed by atoms with Crippen molar-refractivity contribution in [2.24, 2.45) is 52.3 Å². The largest absolute Gasteiger partial charge is 0.397 e. The van der Waals surface area contributed by atoms with Gasteiger partial charge in [0, 0.05) is 24.1 Å². The molecule has 7 nitrogen and oxygen atoms in total. The number of carbonyl (C=O) groups excluding carboxylic acids is 2. The van der Waals surface area contributed by atoms with Crippen molar-refractivity contribution < 1.29 is 26.7 Å². The van der Waals surface area contributed by atoms with Crippen LogP contribution in [0.15, 0.2) is 15.9 Å². The lowest BCUT2D eigenvalue weighted by Crippen LogP contribution is -2.59. The summed E-state index contributed by atoms with van der Waals surface area (Å²) in [6.07, 6.45) is 6.22. The fourth-order valence-electron chi connectivity index (χ4n) is 9.95. The molecule has 0 aliphatic heterocycles. The second-order valence-electron chi connectivity index (χ2n) is 14.4. The van der Waals surface area contributed by atoms with Gasteiger partial charge in [-0.15, -0.1) is 11.3 Å². The quantitative estimate of drug-likeness (QED) is 0.279. The Kier molecular flexibility index (Phi) is 8.94. The smallest absolute Gasteiger partial charge is 0.348 e. The maximum Gasteiger partial charge on any atom is 0.397 e. The van der Waals surface area contributed by atoms with Crippen molar-refractivity contribution in [2.45, 2.75) is 105 Å². The zero-order valence-corrected chi connectivity index (χ0v) is 28.1. The highest BCUT2D eigenvalue weighted by Crippen LogP contribution is 2.68. The van der Waals surface area contributed by atoms with E-state index in [1.807, 2.05) is 6.07 Å². The van der Waals surface area contributed by atoms with E-state index in [1.54, 1.807) is 11.3 Å². The molecular formula is C31H46BrNO6S2.